The Balaban J connectivity index is 1.70. The number of anilines is 1. The van der Waals surface area contributed by atoms with Crippen LogP contribution in [-0.4, -0.2) is 12.0 Å². The zero-order valence-corrected chi connectivity index (χ0v) is 15.4. The van der Waals surface area contributed by atoms with E-state index in [1.807, 2.05) is 37.3 Å². The van der Waals surface area contributed by atoms with Crippen LogP contribution in [-0.2, 0) is 17.6 Å². The molecule has 0 radical (unpaired) electrons. The Labute approximate surface area is 151 Å². The molecule has 4 heteroatoms. The number of carbonyl (C=O) groups excluding carboxylic acids is 1. The first-order chi connectivity index (χ1) is 11.7. The number of carbonyl (C=O) groups is 1. The highest BCUT2D eigenvalue weighted by Crippen LogP contribution is 2.27. The average Bonchev–Trinajstić information content (AvgIpc) is 2.61. The molecular formula is C20H22BrNO2. The van der Waals surface area contributed by atoms with Crippen LogP contribution < -0.4 is 10.1 Å². The predicted molar refractivity (Wildman–Crippen MR) is 101 cm³/mol. The number of para-hydroxylation sites is 1. The highest BCUT2D eigenvalue weighted by atomic mass is 79.9. The van der Waals surface area contributed by atoms with Crippen LogP contribution in [0.15, 0.2) is 46.9 Å². The molecule has 24 heavy (non-hydrogen) atoms. The minimum absolute atomic E-state index is 0.123. The molecule has 1 atom stereocenters. The molecule has 3 rings (SSSR count). The van der Waals surface area contributed by atoms with Gasteiger partial charge in [-0.2, -0.15) is 0 Å². The number of aryl methyl sites for hydroxylation is 2. The van der Waals surface area contributed by atoms with E-state index in [0.29, 0.717) is 6.42 Å². The van der Waals surface area contributed by atoms with Crippen LogP contribution >= 0.6 is 15.9 Å². The minimum atomic E-state index is -0.501. The van der Waals surface area contributed by atoms with Crippen LogP contribution in [0.25, 0.3) is 0 Å². The number of rotatable bonds is 5. The number of halogens is 1. The maximum absolute atomic E-state index is 12.5. The minimum Gasteiger partial charge on any atom is -0.481 e. The first kappa shape index (κ1) is 17.0. The molecule has 0 aliphatic heterocycles. The number of ether oxygens (including phenoxy) is 1. The summed E-state index contributed by atoms with van der Waals surface area (Å²) in [4.78, 5) is 12.5. The molecule has 0 bridgehead atoms. The summed E-state index contributed by atoms with van der Waals surface area (Å²) >= 11 is 3.45. The topological polar surface area (TPSA) is 38.3 Å². The highest BCUT2D eigenvalue weighted by Gasteiger charge is 2.20. The van der Waals surface area contributed by atoms with Gasteiger partial charge >= 0.3 is 0 Å². The van der Waals surface area contributed by atoms with Gasteiger partial charge in [0, 0.05) is 4.47 Å². The third-order valence-corrected chi connectivity index (χ3v) is 5.08. The second kappa shape index (κ2) is 7.84. The molecule has 2 aromatic rings. The number of amides is 1. The van der Waals surface area contributed by atoms with Crippen molar-refractivity contribution in [2.24, 2.45) is 0 Å². The molecule has 2 aromatic carbocycles. The Bertz CT molecular complexity index is 729. The van der Waals surface area contributed by atoms with E-state index in [-0.39, 0.29) is 5.91 Å². The van der Waals surface area contributed by atoms with Crippen molar-refractivity contribution in [1.82, 2.24) is 0 Å². The van der Waals surface area contributed by atoms with Crippen LogP contribution in [0.1, 0.15) is 37.3 Å². The van der Waals surface area contributed by atoms with Gasteiger partial charge in [-0.3, -0.25) is 4.79 Å². The number of hydrogen-bond donors (Lipinski definition) is 1. The van der Waals surface area contributed by atoms with Crippen molar-refractivity contribution in [3.8, 4) is 5.75 Å². The molecule has 1 aliphatic rings. The number of hydrogen-bond acceptors (Lipinski definition) is 2. The molecule has 126 valence electrons. The van der Waals surface area contributed by atoms with Gasteiger partial charge in [-0.15, -0.1) is 0 Å². The molecule has 1 aliphatic carbocycles. The Morgan fingerprint density at radius 1 is 1.17 bits per heavy atom. The quantitative estimate of drug-likeness (QED) is 0.772. The standard InChI is InChI=1S/C20H22BrNO2/c1-2-19(20(23)22-18-10-6-5-9-17(18)21)24-16-12-11-14-7-3-4-8-15(14)13-16/h5-6,9-13,19H,2-4,7-8H2,1H3,(H,22,23)/t19-/m1/s1. The normalized spacial score (nSPS) is 14.6. The maximum Gasteiger partial charge on any atom is 0.265 e. The third-order valence-electron chi connectivity index (χ3n) is 4.39. The molecule has 0 unspecified atom stereocenters. The molecule has 0 saturated heterocycles. The van der Waals surface area contributed by atoms with Gasteiger partial charge in [0.25, 0.3) is 5.91 Å². The summed E-state index contributed by atoms with van der Waals surface area (Å²) in [7, 11) is 0. The van der Waals surface area contributed by atoms with E-state index in [1.54, 1.807) is 0 Å². The van der Waals surface area contributed by atoms with E-state index in [1.165, 1.54) is 24.0 Å². The van der Waals surface area contributed by atoms with Crippen LogP contribution in [0.5, 0.6) is 5.75 Å². The summed E-state index contributed by atoms with van der Waals surface area (Å²) in [6.07, 6.45) is 4.86. The average molecular weight is 388 g/mol. The molecule has 0 saturated carbocycles. The Kier molecular flexibility index (Phi) is 5.56. The van der Waals surface area contributed by atoms with E-state index in [0.717, 1.165) is 28.8 Å². The van der Waals surface area contributed by atoms with Gasteiger partial charge in [0.15, 0.2) is 6.10 Å². The molecule has 0 fully saturated rings. The van der Waals surface area contributed by atoms with Crippen LogP contribution in [0, 0.1) is 0 Å². The summed E-state index contributed by atoms with van der Waals surface area (Å²) in [5.74, 6) is 0.659. The second-order valence-electron chi connectivity index (χ2n) is 6.12. The lowest BCUT2D eigenvalue weighted by molar-refractivity contribution is -0.122. The molecule has 3 nitrogen and oxygen atoms in total. The van der Waals surface area contributed by atoms with Gasteiger partial charge in [0.2, 0.25) is 0 Å². The number of nitrogens with one attached hydrogen (secondary N) is 1. The monoisotopic (exact) mass is 387 g/mol. The van der Waals surface area contributed by atoms with E-state index >= 15 is 0 Å². The molecule has 1 amide bonds. The largest absolute Gasteiger partial charge is 0.481 e. The lowest BCUT2D eigenvalue weighted by atomic mass is 9.92. The highest BCUT2D eigenvalue weighted by molar-refractivity contribution is 9.10. The third kappa shape index (κ3) is 3.99. The lowest BCUT2D eigenvalue weighted by Gasteiger charge is -2.20. The van der Waals surface area contributed by atoms with Crippen molar-refractivity contribution >= 4 is 27.5 Å². The number of fused-ring (bicyclic) bond motifs is 1. The van der Waals surface area contributed by atoms with Gasteiger partial charge in [0.1, 0.15) is 5.75 Å². The SMILES string of the molecule is CC[C@@H](Oc1ccc2c(c1)CCCC2)C(=O)Nc1ccccc1Br. The Morgan fingerprint density at radius 3 is 2.67 bits per heavy atom. The van der Waals surface area contributed by atoms with Crippen molar-refractivity contribution in [2.45, 2.75) is 45.1 Å². The summed E-state index contributed by atoms with van der Waals surface area (Å²) < 4.78 is 6.84. The Hall–Kier alpha value is -1.81. The Morgan fingerprint density at radius 2 is 1.92 bits per heavy atom. The summed E-state index contributed by atoms with van der Waals surface area (Å²) in [6.45, 7) is 1.96. The van der Waals surface area contributed by atoms with Crippen molar-refractivity contribution < 1.29 is 9.53 Å². The van der Waals surface area contributed by atoms with Crippen molar-refractivity contribution in [3.63, 3.8) is 0 Å². The van der Waals surface area contributed by atoms with Gasteiger partial charge in [0.05, 0.1) is 5.69 Å². The van der Waals surface area contributed by atoms with Gasteiger partial charge in [-0.05, 0) is 83.4 Å². The maximum atomic E-state index is 12.5. The van der Waals surface area contributed by atoms with E-state index in [4.69, 9.17) is 4.74 Å². The van der Waals surface area contributed by atoms with E-state index in [2.05, 4.69) is 33.4 Å². The zero-order chi connectivity index (χ0) is 16.9. The lowest BCUT2D eigenvalue weighted by Crippen LogP contribution is -2.32. The summed E-state index contributed by atoms with van der Waals surface area (Å²) in [5.41, 5.74) is 3.54. The number of benzene rings is 2. The van der Waals surface area contributed by atoms with Gasteiger partial charge in [-0.25, -0.2) is 0 Å². The van der Waals surface area contributed by atoms with Gasteiger partial charge < -0.3 is 10.1 Å². The first-order valence-electron chi connectivity index (χ1n) is 8.51. The molecule has 0 heterocycles. The van der Waals surface area contributed by atoms with Crippen LogP contribution in [0.3, 0.4) is 0 Å². The molecular weight excluding hydrogens is 366 g/mol. The van der Waals surface area contributed by atoms with Crippen molar-refractivity contribution in [1.29, 1.82) is 0 Å². The molecule has 1 N–H and O–H groups in total. The molecule has 0 spiro atoms. The van der Waals surface area contributed by atoms with Crippen molar-refractivity contribution in [3.05, 3.63) is 58.1 Å². The molecule has 0 aromatic heterocycles. The van der Waals surface area contributed by atoms with Crippen LogP contribution in [0.2, 0.25) is 0 Å². The fourth-order valence-electron chi connectivity index (χ4n) is 3.05. The van der Waals surface area contributed by atoms with E-state index in [9.17, 15) is 4.79 Å². The van der Waals surface area contributed by atoms with Crippen molar-refractivity contribution in [2.75, 3.05) is 5.32 Å². The van der Waals surface area contributed by atoms with E-state index < -0.39 is 6.10 Å². The second-order valence-corrected chi connectivity index (χ2v) is 6.98. The fraction of sp³-hybridized carbons (Fsp3) is 0.350. The van der Waals surface area contributed by atoms with Crippen LogP contribution in [0.4, 0.5) is 5.69 Å². The predicted octanol–water partition coefficient (Wildman–Crippen LogP) is 5.12. The summed E-state index contributed by atoms with van der Waals surface area (Å²) in [5, 5.41) is 2.93. The first-order valence-corrected chi connectivity index (χ1v) is 9.30. The zero-order valence-electron chi connectivity index (χ0n) is 13.8. The summed E-state index contributed by atoms with van der Waals surface area (Å²) in [6, 6.07) is 13.8. The van der Waals surface area contributed by atoms with Gasteiger partial charge in [-0.1, -0.05) is 25.1 Å². The smallest absolute Gasteiger partial charge is 0.265 e. The fourth-order valence-corrected chi connectivity index (χ4v) is 3.43.